The van der Waals surface area contributed by atoms with Crippen LogP contribution in [0.2, 0.25) is 5.02 Å². The van der Waals surface area contributed by atoms with Crippen LogP contribution in [0.5, 0.6) is 0 Å². The molecule has 0 bridgehead atoms. The molecule has 0 radical (unpaired) electrons. The largest absolute Gasteiger partial charge is 0.343 e. The summed E-state index contributed by atoms with van der Waals surface area (Å²) in [7, 11) is 0. The highest BCUT2D eigenvalue weighted by Crippen LogP contribution is 2.09. The molecule has 24 heavy (non-hydrogen) atoms. The summed E-state index contributed by atoms with van der Waals surface area (Å²) in [6, 6.07) is 16.1. The van der Waals surface area contributed by atoms with E-state index in [4.69, 9.17) is 11.6 Å². The van der Waals surface area contributed by atoms with Crippen molar-refractivity contribution < 1.29 is 9.59 Å². The lowest BCUT2D eigenvalue weighted by Crippen LogP contribution is -2.34. The van der Waals surface area contributed by atoms with Crippen molar-refractivity contribution >= 4 is 35.7 Å². The van der Waals surface area contributed by atoms with Gasteiger partial charge in [-0.3, -0.25) is 9.59 Å². The van der Waals surface area contributed by atoms with Gasteiger partial charge in [-0.2, -0.15) is 5.10 Å². The fourth-order valence-electron chi connectivity index (χ4n) is 1.77. The number of rotatable bonds is 6. The quantitative estimate of drug-likeness (QED) is 0.626. The predicted octanol–water partition coefficient (Wildman–Crippen LogP) is 2.89. The van der Waals surface area contributed by atoms with Crippen molar-refractivity contribution in [3.63, 3.8) is 0 Å². The summed E-state index contributed by atoms with van der Waals surface area (Å²) in [4.78, 5) is 23.4. The number of hydrogen-bond donors (Lipinski definition) is 2. The maximum Gasteiger partial charge on any atom is 0.259 e. The topological polar surface area (TPSA) is 70.6 Å². The van der Waals surface area contributed by atoms with Crippen LogP contribution in [-0.4, -0.2) is 24.6 Å². The number of hydrogen-bond acceptors (Lipinski definition) is 3. The fraction of sp³-hybridized carbons (Fsp3) is 0.0556. The first-order valence-corrected chi connectivity index (χ1v) is 7.60. The first-order valence-electron chi connectivity index (χ1n) is 7.22. The lowest BCUT2D eigenvalue weighted by molar-refractivity contribution is -0.120. The summed E-state index contributed by atoms with van der Waals surface area (Å²) in [5, 5.41) is 6.81. The van der Waals surface area contributed by atoms with Crippen LogP contribution in [-0.2, 0) is 4.79 Å². The van der Waals surface area contributed by atoms with Crippen LogP contribution in [0.15, 0.2) is 65.8 Å². The van der Waals surface area contributed by atoms with Crippen molar-refractivity contribution in [2.75, 3.05) is 6.54 Å². The van der Waals surface area contributed by atoms with Gasteiger partial charge in [0.25, 0.3) is 11.8 Å². The summed E-state index contributed by atoms with van der Waals surface area (Å²) in [5.41, 5.74) is 3.79. The summed E-state index contributed by atoms with van der Waals surface area (Å²) < 4.78 is 0. The van der Waals surface area contributed by atoms with Crippen LogP contribution in [0, 0.1) is 0 Å². The number of carbonyl (C=O) groups excluding carboxylic acids is 2. The summed E-state index contributed by atoms with van der Waals surface area (Å²) in [6.07, 6.45) is 5.03. The molecule has 0 saturated heterocycles. The zero-order valence-electron chi connectivity index (χ0n) is 12.8. The van der Waals surface area contributed by atoms with Crippen molar-refractivity contribution in [3.8, 4) is 0 Å². The maximum absolute atomic E-state index is 11.8. The zero-order valence-corrected chi connectivity index (χ0v) is 13.5. The third-order valence-corrected chi connectivity index (χ3v) is 3.21. The molecule has 2 N–H and O–H groups in total. The minimum Gasteiger partial charge on any atom is -0.343 e. The molecule has 2 aromatic rings. The standard InChI is InChI=1S/C18H16ClN3O2/c19-16-10-8-15(9-11-16)18(24)20-13-17(23)22-21-12-4-7-14-5-2-1-3-6-14/h1-12H,13H2,(H,20,24)(H,22,23)/b7-4+,21-12-. The van der Waals surface area contributed by atoms with E-state index in [2.05, 4.69) is 15.8 Å². The molecule has 2 amide bonds. The Morgan fingerprint density at radius 2 is 1.75 bits per heavy atom. The highest BCUT2D eigenvalue weighted by atomic mass is 35.5. The van der Waals surface area contributed by atoms with Crippen molar-refractivity contribution in [2.24, 2.45) is 5.10 Å². The molecule has 0 atom stereocenters. The molecule has 5 nitrogen and oxygen atoms in total. The number of benzene rings is 2. The van der Waals surface area contributed by atoms with Crippen LogP contribution < -0.4 is 10.7 Å². The third-order valence-electron chi connectivity index (χ3n) is 2.95. The van der Waals surface area contributed by atoms with Gasteiger partial charge in [0.15, 0.2) is 0 Å². The molecule has 0 spiro atoms. The van der Waals surface area contributed by atoms with Crippen molar-refractivity contribution in [3.05, 3.63) is 76.8 Å². The number of carbonyl (C=O) groups is 2. The Morgan fingerprint density at radius 3 is 2.46 bits per heavy atom. The Labute approximate surface area is 145 Å². The van der Waals surface area contributed by atoms with Gasteiger partial charge in [0.05, 0.1) is 6.54 Å². The van der Waals surface area contributed by atoms with Gasteiger partial charge in [-0.25, -0.2) is 5.43 Å². The minimum absolute atomic E-state index is 0.165. The van der Waals surface area contributed by atoms with Crippen molar-refractivity contribution in [1.82, 2.24) is 10.7 Å². The van der Waals surface area contributed by atoms with Crippen molar-refractivity contribution in [1.29, 1.82) is 0 Å². The second-order valence-electron chi connectivity index (χ2n) is 4.77. The van der Waals surface area contributed by atoms with E-state index in [0.29, 0.717) is 10.6 Å². The van der Waals surface area contributed by atoms with Gasteiger partial charge in [-0.1, -0.05) is 48.0 Å². The molecular formula is C18H16ClN3O2. The molecule has 0 aromatic heterocycles. The SMILES string of the molecule is O=C(CNC(=O)c1ccc(Cl)cc1)N/N=C\C=C\c1ccccc1. The fourth-order valence-corrected chi connectivity index (χ4v) is 1.90. The van der Waals surface area contributed by atoms with Crippen LogP contribution in [0.25, 0.3) is 6.08 Å². The van der Waals surface area contributed by atoms with Gasteiger partial charge in [0.2, 0.25) is 0 Å². The van der Waals surface area contributed by atoms with E-state index < -0.39 is 5.91 Å². The van der Waals surface area contributed by atoms with E-state index in [1.54, 1.807) is 30.3 Å². The van der Waals surface area contributed by atoms with E-state index in [9.17, 15) is 9.59 Å². The lowest BCUT2D eigenvalue weighted by atomic mass is 10.2. The molecule has 2 aromatic carbocycles. The third kappa shape index (κ3) is 6.06. The second-order valence-corrected chi connectivity index (χ2v) is 5.21. The smallest absolute Gasteiger partial charge is 0.259 e. The molecule has 0 saturated carbocycles. The van der Waals surface area contributed by atoms with E-state index in [1.807, 2.05) is 36.4 Å². The molecule has 6 heteroatoms. The minimum atomic E-state index is -0.415. The number of amides is 2. The average Bonchev–Trinajstić information content (AvgIpc) is 2.61. The highest BCUT2D eigenvalue weighted by molar-refractivity contribution is 6.30. The Bertz CT molecular complexity index is 741. The van der Waals surface area contributed by atoms with E-state index in [-0.39, 0.29) is 12.5 Å². The first kappa shape index (κ1) is 17.4. The van der Waals surface area contributed by atoms with Crippen LogP contribution in [0.1, 0.15) is 15.9 Å². The van der Waals surface area contributed by atoms with Crippen molar-refractivity contribution in [2.45, 2.75) is 0 Å². The Morgan fingerprint density at radius 1 is 1.04 bits per heavy atom. The first-order chi connectivity index (χ1) is 11.6. The van der Waals surface area contributed by atoms with E-state index in [1.165, 1.54) is 6.21 Å². The van der Waals surface area contributed by atoms with Gasteiger partial charge in [0.1, 0.15) is 0 Å². The summed E-state index contributed by atoms with van der Waals surface area (Å²) in [6.45, 7) is -0.165. The molecule has 0 heterocycles. The number of allylic oxidation sites excluding steroid dienone is 1. The summed E-state index contributed by atoms with van der Waals surface area (Å²) in [5.74, 6) is -0.767. The second kappa shape index (κ2) is 9.27. The maximum atomic E-state index is 11.8. The molecular weight excluding hydrogens is 326 g/mol. The Kier molecular flexibility index (Phi) is 6.73. The Hall–Kier alpha value is -2.92. The molecule has 0 aliphatic carbocycles. The van der Waals surface area contributed by atoms with Gasteiger partial charge < -0.3 is 5.32 Å². The van der Waals surface area contributed by atoms with Crippen LogP contribution in [0.4, 0.5) is 0 Å². The Balaban J connectivity index is 1.71. The van der Waals surface area contributed by atoms with Gasteiger partial charge in [-0.05, 0) is 35.9 Å². The molecule has 122 valence electrons. The van der Waals surface area contributed by atoms with Gasteiger partial charge >= 0.3 is 0 Å². The molecule has 0 unspecified atom stereocenters. The van der Waals surface area contributed by atoms with E-state index >= 15 is 0 Å². The molecule has 0 fully saturated rings. The van der Waals surface area contributed by atoms with Gasteiger partial charge in [-0.15, -0.1) is 0 Å². The molecule has 0 aliphatic rings. The average molecular weight is 342 g/mol. The normalized spacial score (nSPS) is 10.9. The predicted molar refractivity (Wildman–Crippen MR) is 95.9 cm³/mol. The number of hydrazone groups is 1. The highest BCUT2D eigenvalue weighted by Gasteiger charge is 2.07. The molecule has 2 rings (SSSR count). The number of halogens is 1. The molecule has 0 aliphatic heterocycles. The van der Waals surface area contributed by atoms with Gasteiger partial charge in [0, 0.05) is 16.8 Å². The summed E-state index contributed by atoms with van der Waals surface area (Å²) >= 11 is 5.75. The van der Waals surface area contributed by atoms with Crippen LogP contribution >= 0.6 is 11.6 Å². The number of nitrogens with one attached hydrogen (secondary N) is 2. The van der Waals surface area contributed by atoms with E-state index in [0.717, 1.165) is 5.56 Å². The number of nitrogens with zero attached hydrogens (tertiary/aromatic N) is 1. The van der Waals surface area contributed by atoms with Crippen LogP contribution in [0.3, 0.4) is 0 Å². The zero-order chi connectivity index (χ0) is 17.2. The lowest BCUT2D eigenvalue weighted by Gasteiger charge is -2.04. The monoisotopic (exact) mass is 341 g/mol.